The van der Waals surface area contributed by atoms with Crippen LogP contribution in [0.15, 0.2) is 46.9 Å². The minimum atomic E-state index is -0.943. The zero-order valence-electron chi connectivity index (χ0n) is 14.0. The lowest BCUT2D eigenvalue weighted by atomic mass is 10.1. The molecular formula is C18H18BrNO5. The van der Waals surface area contributed by atoms with Crippen molar-refractivity contribution in [2.45, 2.75) is 6.04 Å². The van der Waals surface area contributed by atoms with Gasteiger partial charge in [-0.3, -0.25) is 4.79 Å². The van der Waals surface area contributed by atoms with E-state index in [0.717, 1.165) is 4.47 Å². The lowest BCUT2D eigenvalue weighted by Crippen LogP contribution is -2.34. The van der Waals surface area contributed by atoms with Crippen molar-refractivity contribution < 1.29 is 23.8 Å². The third kappa shape index (κ3) is 4.51. The van der Waals surface area contributed by atoms with Gasteiger partial charge in [0.2, 0.25) is 0 Å². The molecule has 1 atom stereocenters. The third-order valence-electron chi connectivity index (χ3n) is 3.57. The van der Waals surface area contributed by atoms with Crippen LogP contribution in [-0.4, -0.2) is 33.2 Å². The second-order valence-electron chi connectivity index (χ2n) is 5.05. The Morgan fingerprint density at radius 2 is 1.68 bits per heavy atom. The number of methoxy groups -OCH3 is 3. The lowest BCUT2D eigenvalue weighted by Gasteiger charge is -2.18. The second kappa shape index (κ2) is 8.53. The van der Waals surface area contributed by atoms with Gasteiger partial charge in [0, 0.05) is 4.47 Å². The molecule has 0 aromatic heterocycles. The lowest BCUT2D eigenvalue weighted by molar-refractivity contribution is -0.143. The number of esters is 1. The normalized spacial score (nSPS) is 11.4. The molecular weight excluding hydrogens is 390 g/mol. The van der Waals surface area contributed by atoms with Gasteiger partial charge in [0.05, 0.1) is 26.9 Å². The summed E-state index contributed by atoms with van der Waals surface area (Å²) in [5.41, 5.74) is 0.859. The van der Waals surface area contributed by atoms with Crippen molar-refractivity contribution in [3.63, 3.8) is 0 Å². The summed E-state index contributed by atoms with van der Waals surface area (Å²) >= 11 is 3.34. The van der Waals surface area contributed by atoms with Crippen LogP contribution < -0.4 is 14.8 Å². The van der Waals surface area contributed by atoms with E-state index in [1.165, 1.54) is 21.3 Å². The fourth-order valence-corrected chi connectivity index (χ4v) is 2.52. The van der Waals surface area contributed by atoms with Gasteiger partial charge in [-0.2, -0.15) is 0 Å². The molecule has 0 saturated carbocycles. The smallest absolute Gasteiger partial charge is 0.333 e. The molecule has 0 heterocycles. The quantitative estimate of drug-likeness (QED) is 0.744. The first-order valence-electron chi connectivity index (χ1n) is 7.36. The average molecular weight is 408 g/mol. The monoisotopic (exact) mass is 407 g/mol. The molecule has 0 radical (unpaired) electrons. The number of carbonyl (C=O) groups is 2. The van der Waals surface area contributed by atoms with Crippen LogP contribution in [0.5, 0.6) is 11.5 Å². The van der Waals surface area contributed by atoms with E-state index in [1.807, 2.05) is 0 Å². The number of ether oxygens (including phenoxy) is 3. The van der Waals surface area contributed by atoms with Crippen LogP contribution in [0.1, 0.15) is 22.0 Å². The Morgan fingerprint density at radius 3 is 2.24 bits per heavy atom. The fourth-order valence-electron chi connectivity index (χ4n) is 2.25. The van der Waals surface area contributed by atoms with Gasteiger partial charge in [0.15, 0.2) is 6.04 Å². The first-order chi connectivity index (χ1) is 12.0. The van der Waals surface area contributed by atoms with Crippen molar-refractivity contribution in [2.24, 2.45) is 0 Å². The summed E-state index contributed by atoms with van der Waals surface area (Å²) in [6, 6.07) is 10.9. The molecule has 0 aliphatic rings. The molecule has 0 fully saturated rings. The summed E-state index contributed by atoms with van der Waals surface area (Å²) in [6.45, 7) is 0. The second-order valence-corrected chi connectivity index (χ2v) is 5.96. The molecule has 132 valence electrons. The largest absolute Gasteiger partial charge is 0.497 e. The number of benzene rings is 2. The Bertz CT molecular complexity index is 761. The topological polar surface area (TPSA) is 73.9 Å². The molecule has 7 heteroatoms. The van der Waals surface area contributed by atoms with Crippen molar-refractivity contribution in [2.75, 3.05) is 21.3 Å². The highest BCUT2D eigenvalue weighted by atomic mass is 79.9. The number of halogens is 1. The predicted octanol–water partition coefficient (Wildman–Crippen LogP) is 3.11. The summed E-state index contributed by atoms with van der Waals surface area (Å²) in [5, 5.41) is 2.68. The van der Waals surface area contributed by atoms with E-state index >= 15 is 0 Å². The Hall–Kier alpha value is -2.54. The first-order valence-corrected chi connectivity index (χ1v) is 8.15. The van der Waals surface area contributed by atoms with Crippen LogP contribution in [0.2, 0.25) is 0 Å². The molecule has 1 amide bonds. The number of amides is 1. The fraction of sp³-hybridized carbons (Fsp3) is 0.222. The molecule has 2 rings (SSSR count). The van der Waals surface area contributed by atoms with E-state index < -0.39 is 17.9 Å². The zero-order chi connectivity index (χ0) is 18.4. The van der Waals surface area contributed by atoms with Crippen molar-refractivity contribution in [1.29, 1.82) is 0 Å². The molecule has 2 aromatic rings. The summed E-state index contributed by atoms with van der Waals surface area (Å²) in [7, 11) is 4.24. The Morgan fingerprint density at radius 1 is 1.00 bits per heavy atom. The van der Waals surface area contributed by atoms with Gasteiger partial charge < -0.3 is 19.5 Å². The van der Waals surface area contributed by atoms with E-state index in [1.54, 1.807) is 42.5 Å². The molecule has 0 aliphatic carbocycles. The van der Waals surface area contributed by atoms with Crippen LogP contribution in [0.4, 0.5) is 0 Å². The van der Waals surface area contributed by atoms with Crippen LogP contribution in [0.25, 0.3) is 0 Å². The maximum absolute atomic E-state index is 12.7. The highest BCUT2D eigenvalue weighted by Gasteiger charge is 2.25. The molecule has 1 N–H and O–H groups in total. The van der Waals surface area contributed by atoms with Gasteiger partial charge >= 0.3 is 5.97 Å². The Labute approximate surface area is 154 Å². The highest BCUT2D eigenvalue weighted by molar-refractivity contribution is 9.10. The van der Waals surface area contributed by atoms with Crippen LogP contribution in [0, 0.1) is 0 Å². The maximum atomic E-state index is 12.7. The van der Waals surface area contributed by atoms with Crippen molar-refractivity contribution in [3.8, 4) is 11.5 Å². The standard InChI is InChI=1S/C18H18BrNO5/c1-23-13-8-9-15(24-2)14(10-13)17(21)20-16(18(22)25-3)11-4-6-12(19)7-5-11/h4-10,16H,1-3H3,(H,20,21). The minimum Gasteiger partial charge on any atom is -0.497 e. The number of hydrogen-bond acceptors (Lipinski definition) is 5. The van der Waals surface area contributed by atoms with E-state index in [0.29, 0.717) is 17.1 Å². The van der Waals surface area contributed by atoms with Crippen molar-refractivity contribution >= 4 is 27.8 Å². The molecule has 1 unspecified atom stereocenters. The molecule has 0 spiro atoms. The predicted molar refractivity (Wildman–Crippen MR) is 95.9 cm³/mol. The summed E-state index contributed by atoms with van der Waals surface area (Å²) in [5.74, 6) is -0.173. The molecule has 6 nitrogen and oxygen atoms in total. The summed E-state index contributed by atoms with van der Waals surface area (Å²) in [6.07, 6.45) is 0. The first kappa shape index (κ1) is 18.8. The van der Waals surface area contributed by atoms with Crippen molar-refractivity contribution in [3.05, 3.63) is 58.1 Å². The van der Waals surface area contributed by atoms with Gasteiger partial charge in [0.1, 0.15) is 11.5 Å². The average Bonchev–Trinajstić information content (AvgIpc) is 2.65. The number of rotatable bonds is 6. The molecule has 0 aliphatic heterocycles. The summed E-state index contributed by atoms with van der Waals surface area (Å²) < 4.78 is 16.0. The van der Waals surface area contributed by atoms with E-state index in [2.05, 4.69) is 21.2 Å². The van der Waals surface area contributed by atoms with Gasteiger partial charge in [-0.25, -0.2) is 4.79 Å². The third-order valence-corrected chi connectivity index (χ3v) is 4.10. The molecule has 2 aromatic carbocycles. The van der Waals surface area contributed by atoms with E-state index in [9.17, 15) is 9.59 Å². The maximum Gasteiger partial charge on any atom is 0.333 e. The SMILES string of the molecule is COC(=O)C(NC(=O)c1cc(OC)ccc1OC)c1ccc(Br)cc1. The van der Waals surface area contributed by atoms with Crippen LogP contribution >= 0.6 is 15.9 Å². The Kier molecular flexibility index (Phi) is 6.41. The number of hydrogen-bond donors (Lipinski definition) is 1. The number of nitrogens with one attached hydrogen (secondary N) is 1. The van der Waals surface area contributed by atoms with Gasteiger partial charge in [-0.05, 0) is 35.9 Å². The van der Waals surface area contributed by atoms with Gasteiger partial charge in [-0.1, -0.05) is 28.1 Å². The molecule has 0 bridgehead atoms. The zero-order valence-corrected chi connectivity index (χ0v) is 15.6. The molecule has 25 heavy (non-hydrogen) atoms. The molecule has 0 saturated heterocycles. The van der Waals surface area contributed by atoms with Crippen LogP contribution in [-0.2, 0) is 9.53 Å². The van der Waals surface area contributed by atoms with Gasteiger partial charge in [0.25, 0.3) is 5.91 Å². The number of carbonyl (C=O) groups excluding carboxylic acids is 2. The van der Waals surface area contributed by atoms with E-state index in [-0.39, 0.29) is 5.56 Å². The van der Waals surface area contributed by atoms with Crippen molar-refractivity contribution in [1.82, 2.24) is 5.32 Å². The minimum absolute atomic E-state index is 0.257. The summed E-state index contributed by atoms with van der Waals surface area (Å²) in [4.78, 5) is 24.8. The van der Waals surface area contributed by atoms with E-state index in [4.69, 9.17) is 14.2 Å². The van der Waals surface area contributed by atoms with Crippen LogP contribution in [0.3, 0.4) is 0 Å². The Balaban J connectivity index is 2.34. The van der Waals surface area contributed by atoms with Gasteiger partial charge in [-0.15, -0.1) is 0 Å². The highest BCUT2D eigenvalue weighted by Crippen LogP contribution is 2.25.